The summed E-state index contributed by atoms with van der Waals surface area (Å²) in [5, 5.41) is 7.72. The van der Waals surface area contributed by atoms with Crippen LogP contribution in [-0.2, 0) is 20.7 Å². The van der Waals surface area contributed by atoms with Crippen LogP contribution in [0.4, 0.5) is 5.69 Å². The molecule has 1 aromatic heterocycles. The molecule has 2 aromatic carbocycles. The number of esters is 1. The summed E-state index contributed by atoms with van der Waals surface area (Å²) in [7, 11) is 0. The maximum Gasteiger partial charge on any atom is 0.311 e. The average molecular weight is 412 g/mol. The molecule has 0 saturated heterocycles. The van der Waals surface area contributed by atoms with E-state index in [1.54, 1.807) is 28.9 Å². The van der Waals surface area contributed by atoms with E-state index in [1.807, 2.05) is 44.2 Å². The lowest BCUT2D eigenvalue weighted by Crippen LogP contribution is -2.30. The van der Waals surface area contributed by atoms with Crippen molar-refractivity contribution in [1.82, 2.24) is 9.78 Å². The second-order valence-corrected chi connectivity index (χ2v) is 7.14. The first-order chi connectivity index (χ1) is 13.8. The second-order valence-electron chi connectivity index (χ2n) is 6.71. The number of hydrogen-bond donors (Lipinski definition) is 1. The number of aryl methyl sites for hydroxylation is 1. The van der Waals surface area contributed by atoms with Crippen LogP contribution in [0.2, 0.25) is 5.02 Å². The first kappa shape index (κ1) is 20.6. The van der Waals surface area contributed by atoms with E-state index in [4.69, 9.17) is 16.3 Å². The Bertz CT molecular complexity index is 1030. The van der Waals surface area contributed by atoms with Gasteiger partial charge in [-0.25, -0.2) is 4.68 Å². The van der Waals surface area contributed by atoms with Crippen molar-refractivity contribution in [2.45, 2.75) is 33.3 Å². The number of hydrogen-bond acceptors (Lipinski definition) is 4. The van der Waals surface area contributed by atoms with Crippen LogP contribution in [0.15, 0.2) is 54.6 Å². The van der Waals surface area contributed by atoms with Crippen molar-refractivity contribution in [3.8, 4) is 5.69 Å². The molecule has 0 spiro atoms. The summed E-state index contributed by atoms with van der Waals surface area (Å²) in [4.78, 5) is 24.7. The van der Waals surface area contributed by atoms with Gasteiger partial charge in [0.25, 0.3) is 5.91 Å². The molecule has 0 fully saturated rings. The Labute approximate surface area is 174 Å². The number of ether oxygens (including phenoxy) is 1. The van der Waals surface area contributed by atoms with Gasteiger partial charge in [-0.15, -0.1) is 0 Å². The Morgan fingerprint density at radius 3 is 2.55 bits per heavy atom. The number of amides is 1. The predicted molar refractivity (Wildman–Crippen MR) is 112 cm³/mol. The quantitative estimate of drug-likeness (QED) is 0.615. The fourth-order valence-electron chi connectivity index (χ4n) is 3.00. The van der Waals surface area contributed by atoms with E-state index < -0.39 is 18.0 Å². The molecule has 1 N–H and O–H groups in total. The summed E-state index contributed by atoms with van der Waals surface area (Å²) < 4.78 is 7.12. The van der Waals surface area contributed by atoms with Gasteiger partial charge >= 0.3 is 5.97 Å². The number of para-hydroxylation sites is 1. The minimum absolute atomic E-state index is 0.0410. The molecular formula is C22H22ClN3O3. The number of anilines is 1. The van der Waals surface area contributed by atoms with Gasteiger partial charge in [-0.05, 0) is 51.1 Å². The second kappa shape index (κ2) is 8.92. The molecule has 7 heteroatoms. The van der Waals surface area contributed by atoms with E-state index in [1.165, 1.54) is 6.92 Å². The zero-order valence-electron chi connectivity index (χ0n) is 16.5. The molecular weight excluding hydrogens is 390 g/mol. The van der Waals surface area contributed by atoms with Crippen molar-refractivity contribution in [1.29, 1.82) is 0 Å². The molecule has 0 saturated carbocycles. The number of nitrogens with one attached hydrogen (secondary N) is 1. The minimum Gasteiger partial charge on any atom is -0.452 e. The highest BCUT2D eigenvalue weighted by atomic mass is 35.5. The van der Waals surface area contributed by atoms with E-state index >= 15 is 0 Å². The van der Waals surface area contributed by atoms with Gasteiger partial charge in [-0.1, -0.05) is 35.9 Å². The molecule has 0 aliphatic rings. The Morgan fingerprint density at radius 1 is 1.14 bits per heavy atom. The molecule has 150 valence electrons. The summed E-state index contributed by atoms with van der Waals surface area (Å²) in [6.45, 7) is 5.29. The van der Waals surface area contributed by atoms with Crippen LogP contribution in [0.3, 0.4) is 0 Å². The first-order valence-corrected chi connectivity index (χ1v) is 9.59. The number of benzene rings is 2. The molecule has 0 radical (unpaired) electrons. The van der Waals surface area contributed by atoms with E-state index in [0.717, 1.165) is 22.6 Å². The number of rotatable bonds is 6. The molecule has 0 aliphatic heterocycles. The van der Waals surface area contributed by atoms with Gasteiger partial charge in [0.1, 0.15) is 0 Å². The van der Waals surface area contributed by atoms with Gasteiger partial charge in [-0.3, -0.25) is 9.59 Å². The number of nitrogens with zero attached hydrogens (tertiary/aromatic N) is 2. The van der Waals surface area contributed by atoms with Crippen LogP contribution in [0.5, 0.6) is 0 Å². The van der Waals surface area contributed by atoms with Crippen LogP contribution >= 0.6 is 11.6 Å². The molecule has 0 bridgehead atoms. The number of aromatic nitrogens is 2. The third-order valence-electron chi connectivity index (χ3n) is 4.53. The largest absolute Gasteiger partial charge is 0.452 e. The van der Waals surface area contributed by atoms with E-state index in [2.05, 4.69) is 10.4 Å². The summed E-state index contributed by atoms with van der Waals surface area (Å²) in [5.74, 6) is -0.911. The van der Waals surface area contributed by atoms with Crippen LogP contribution in [0.1, 0.15) is 23.9 Å². The lowest BCUT2D eigenvalue weighted by molar-refractivity contribution is -0.152. The molecule has 1 amide bonds. The number of carbonyl (C=O) groups is 2. The summed E-state index contributed by atoms with van der Waals surface area (Å²) >= 11 is 5.91. The maximum absolute atomic E-state index is 12.4. The van der Waals surface area contributed by atoms with Gasteiger partial charge in [0.15, 0.2) is 6.10 Å². The third kappa shape index (κ3) is 5.03. The summed E-state index contributed by atoms with van der Waals surface area (Å²) in [6.07, 6.45) is -0.898. The standard InChI is InChI=1S/C22H22ClN3O3/c1-14-20(15(2)26(25-14)19-10-5-4-6-11-19)13-21(27)29-16(3)22(28)24-18-9-7-8-17(23)12-18/h4-12,16H,13H2,1-3H3,(H,24,28)/t16-/m0/s1. The van der Waals surface area contributed by atoms with E-state index in [-0.39, 0.29) is 6.42 Å². The van der Waals surface area contributed by atoms with Crippen LogP contribution < -0.4 is 5.32 Å². The lowest BCUT2D eigenvalue weighted by atomic mass is 10.1. The minimum atomic E-state index is -0.939. The van der Waals surface area contributed by atoms with Gasteiger partial charge < -0.3 is 10.1 Å². The van der Waals surface area contributed by atoms with Crippen molar-refractivity contribution >= 4 is 29.2 Å². The number of carbonyl (C=O) groups excluding carboxylic acids is 2. The fourth-order valence-corrected chi connectivity index (χ4v) is 3.19. The van der Waals surface area contributed by atoms with Gasteiger partial charge in [0.2, 0.25) is 0 Å². The zero-order chi connectivity index (χ0) is 21.0. The van der Waals surface area contributed by atoms with Gasteiger partial charge in [0, 0.05) is 22.0 Å². The fraction of sp³-hybridized carbons (Fsp3) is 0.227. The van der Waals surface area contributed by atoms with Crippen molar-refractivity contribution in [3.63, 3.8) is 0 Å². The van der Waals surface area contributed by atoms with Crippen molar-refractivity contribution in [3.05, 3.63) is 76.6 Å². The monoisotopic (exact) mass is 411 g/mol. The molecule has 3 rings (SSSR count). The Hall–Kier alpha value is -3.12. The van der Waals surface area contributed by atoms with Crippen LogP contribution in [-0.4, -0.2) is 27.8 Å². The maximum atomic E-state index is 12.4. The Balaban J connectivity index is 1.64. The van der Waals surface area contributed by atoms with Crippen LogP contribution in [0.25, 0.3) is 5.69 Å². The molecule has 0 aliphatic carbocycles. The third-order valence-corrected chi connectivity index (χ3v) is 4.77. The highest BCUT2D eigenvalue weighted by molar-refractivity contribution is 6.30. The van der Waals surface area contributed by atoms with Crippen molar-refractivity contribution in [2.24, 2.45) is 0 Å². The molecule has 6 nitrogen and oxygen atoms in total. The van der Waals surface area contributed by atoms with Gasteiger partial charge in [0.05, 0.1) is 17.8 Å². The molecule has 3 aromatic rings. The smallest absolute Gasteiger partial charge is 0.311 e. The molecule has 29 heavy (non-hydrogen) atoms. The average Bonchev–Trinajstić information content (AvgIpc) is 2.97. The summed E-state index contributed by atoms with van der Waals surface area (Å²) in [5.41, 5.74) is 3.87. The SMILES string of the molecule is Cc1nn(-c2ccccc2)c(C)c1CC(=O)O[C@@H](C)C(=O)Nc1cccc(Cl)c1. The Morgan fingerprint density at radius 2 is 1.86 bits per heavy atom. The highest BCUT2D eigenvalue weighted by Gasteiger charge is 2.21. The first-order valence-electron chi connectivity index (χ1n) is 9.21. The predicted octanol–water partition coefficient (Wildman–Crippen LogP) is 4.26. The van der Waals surface area contributed by atoms with Crippen LogP contribution in [0, 0.1) is 13.8 Å². The number of halogens is 1. The van der Waals surface area contributed by atoms with E-state index in [9.17, 15) is 9.59 Å². The molecule has 1 heterocycles. The normalized spacial score (nSPS) is 11.7. The van der Waals surface area contributed by atoms with Crippen molar-refractivity contribution < 1.29 is 14.3 Å². The topological polar surface area (TPSA) is 73.2 Å². The zero-order valence-corrected chi connectivity index (χ0v) is 17.2. The summed E-state index contributed by atoms with van der Waals surface area (Å²) in [6, 6.07) is 16.5. The van der Waals surface area contributed by atoms with Gasteiger partial charge in [-0.2, -0.15) is 5.10 Å². The van der Waals surface area contributed by atoms with Crippen molar-refractivity contribution in [2.75, 3.05) is 5.32 Å². The molecule has 1 atom stereocenters. The lowest BCUT2D eigenvalue weighted by Gasteiger charge is -2.14. The molecule has 0 unspecified atom stereocenters. The highest BCUT2D eigenvalue weighted by Crippen LogP contribution is 2.19. The van der Waals surface area contributed by atoms with E-state index in [0.29, 0.717) is 10.7 Å². The Kier molecular flexibility index (Phi) is 6.34.